The summed E-state index contributed by atoms with van der Waals surface area (Å²) >= 11 is 0. The first kappa shape index (κ1) is 18.9. The smallest absolute Gasteiger partial charge is 0.251 e. The van der Waals surface area contributed by atoms with Crippen molar-refractivity contribution in [2.24, 2.45) is 0 Å². The molecule has 1 unspecified atom stereocenters. The van der Waals surface area contributed by atoms with Gasteiger partial charge in [-0.2, -0.15) is 0 Å². The fraction of sp³-hybridized carbons (Fsp3) is 0.500. The molecule has 3 N–H and O–H groups in total. The van der Waals surface area contributed by atoms with Crippen LogP contribution in [0.15, 0.2) is 24.3 Å². The quantitative estimate of drug-likeness (QED) is 0.620. The van der Waals surface area contributed by atoms with Crippen molar-refractivity contribution in [1.82, 2.24) is 10.6 Å². The molecule has 1 fully saturated rings. The Labute approximate surface area is 147 Å². The Kier molecular flexibility index (Phi) is 7.40. The lowest BCUT2D eigenvalue weighted by atomic mass is 10.2. The summed E-state index contributed by atoms with van der Waals surface area (Å²) in [4.78, 5) is 35.3. The highest BCUT2D eigenvalue weighted by Crippen LogP contribution is 2.12. The van der Waals surface area contributed by atoms with Crippen LogP contribution in [-0.4, -0.2) is 43.5 Å². The molecule has 0 aliphatic carbocycles. The Morgan fingerprint density at radius 1 is 1.12 bits per heavy atom. The Morgan fingerprint density at radius 2 is 1.84 bits per heavy atom. The first-order valence-electron chi connectivity index (χ1n) is 8.67. The molecular weight excluding hydrogens is 322 g/mol. The van der Waals surface area contributed by atoms with Crippen LogP contribution in [0, 0.1) is 0 Å². The second kappa shape index (κ2) is 9.78. The van der Waals surface area contributed by atoms with E-state index in [9.17, 15) is 14.4 Å². The number of hydrogen-bond donors (Lipinski definition) is 3. The highest BCUT2D eigenvalue weighted by atomic mass is 16.5. The molecule has 1 aromatic rings. The third-order valence-electron chi connectivity index (χ3n) is 3.84. The number of hydrogen-bond acceptors (Lipinski definition) is 4. The molecule has 0 radical (unpaired) electrons. The van der Waals surface area contributed by atoms with Crippen molar-refractivity contribution in [2.75, 3.05) is 25.0 Å². The van der Waals surface area contributed by atoms with Crippen LogP contribution in [0.1, 0.15) is 43.0 Å². The van der Waals surface area contributed by atoms with E-state index in [-0.39, 0.29) is 23.8 Å². The SMILES string of the molecule is CCCC(=O)Nc1ccc(C(=O)NCCNC(=O)C2CCCO2)cc1. The maximum absolute atomic E-state index is 12.0. The number of carbonyl (C=O) groups excluding carboxylic acids is 3. The largest absolute Gasteiger partial charge is 0.368 e. The molecule has 136 valence electrons. The minimum Gasteiger partial charge on any atom is -0.368 e. The van der Waals surface area contributed by atoms with Crippen molar-refractivity contribution >= 4 is 23.4 Å². The fourth-order valence-corrected chi connectivity index (χ4v) is 2.52. The van der Waals surface area contributed by atoms with Crippen LogP contribution in [0.5, 0.6) is 0 Å². The van der Waals surface area contributed by atoms with Crippen molar-refractivity contribution in [1.29, 1.82) is 0 Å². The Morgan fingerprint density at radius 3 is 2.48 bits per heavy atom. The van der Waals surface area contributed by atoms with Crippen molar-refractivity contribution in [3.63, 3.8) is 0 Å². The predicted octanol–water partition coefficient (Wildman–Crippen LogP) is 1.45. The molecule has 0 aromatic heterocycles. The third-order valence-corrected chi connectivity index (χ3v) is 3.84. The zero-order chi connectivity index (χ0) is 18.1. The predicted molar refractivity (Wildman–Crippen MR) is 94.3 cm³/mol. The van der Waals surface area contributed by atoms with Crippen LogP contribution < -0.4 is 16.0 Å². The molecule has 2 rings (SSSR count). The first-order valence-corrected chi connectivity index (χ1v) is 8.67. The number of rotatable bonds is 8. The van der Waals surface area contributed by atoms with Gasteiger partial charge in [0.2, 0.25) is 11.8 Å². The average molecular weight is 347 g/mol. The summed E-state index contributed by atoms with van der Waals surface area (Å²) < 4.78 is 5.29. The number of amides is 3. The lowest BCUT2D eigenvalue weighted by Crippen LogP contribution is -2.39. The maximum atomic E-state index is 12.0. The molecule has 7 heteroatoms. The van der Waals surface area contributed by atoms with Crippen LogP contribution in [0.4, 0.5) is 5.69 Å². The van der Waals surface area contributed by atoms with E-state index in [1.54, 1.807) is 24.3 Å². The molecule has 1 saturated heterocycles. The van der Waals surface area contributed by atoms with Gasteiger partial charge in [0.25, 0.3) is 5.91 Å². The lowest BCUT2D eigenvalue weighted by Gasteiger charge is -2.11. The molecule has 1 aliphatic rings. The monoisotopic (exact) mass is 347 g/mol. The van der Waals surface area contributed by atoms with Gasteiger partial charge in [-0.1, -0.05) is 6.92 Å². The lowest BCUT2D eigenvalue weighted by molar-refractivity contribution is -0.130. The van der Waals surface area contributed by atoms with E-state index in [0.29, 0.717) is 37.4 Å². The Hall–Kier alpha value is -2.41. The maximum Gasteiger partial charge on any atom is 0.251 e. The summed E-state index contributed by atoms with van der Waals surface area (Å²) in [6.45, 7) is 3.27. The summed E-state index contributed by atoms with van der Waals surface area (Å²) in [5, 5.41) is 8.26. The number of anilines is 1. The van der Waals surface area contributed by atoms with Crippen molar-refractivity contribution in [3.8, 4) is 0 Å². The zero-order valence-electron chi connectivity index (χ0n) is 14.5. The van der Waals surface area contributed by atoms with E-state index in [4.69, 9.17) is 4.74 Å². The molecule has 0 spiro atoms. The van der Waals surface area contributed by atoms with E-state index in [1.165, 1.54) is 0 Å². The van der Waals surface area contributed by atoms with Crippen LogP contribution >= 0.6 is 0 Å². The van der Waals surface area contributed by atoms with E-state index in [2.05, 4.69) is 16.0 Å². The molecule has 1 aromatic carbocycles. The highest BCUT2D eigenvalue weighted by molar-refractivity contribution is 5.95. The summed E-state index contributed by atoms with van der Waals surface area (Å²) in [5.74, 6) is -0.390. The molecule has 0 bridgehead atoms. The van der Waals surface area contributed by atoms with Crippen LogP contribution in [0.2, 0.25) is 0 Å². The molecule has 1 heterocycles. The van der Waals surface area contributed by atoms with Gasteiger partial charge in [-0.05, 0) is 43.5 Å². The average Bonchev–Trinajstić information content (AvgIpc) is 3.14. The highest BCUT2D eigenvalue weighted by Gasteiger charge is 2.22. The summed E-state index contributed by atoms with van der Waals surface area (Å²) in [5.41, 5.74) is 1.16. The zero-order valence-corrected chi connectivity index (χ0v) is 14.5. The number of benzene rings is 1. The Balaban J connectivity index is 1.69. The standard InChI is InChI=1S/C18H25N3O4/c1-2-4-16(22)21-14-8-6-13(7-9-14)17(23)19-10-11-20-18(24)15-5-3-12-25-15/h6-9,15H,2-5,10-12H2,1H3,(H,19,23)(H,20,24)(H,21,22). The number of ether oxygens (including phenoxy) is 1. The Bertz CT molecular complexity index is 595. The molecule has 3 amide bonds. The van der Waals surface area contributed by atoms with Crippen LogP contribution in [0.3, 0.4) is 0 Å². The van der Waals surface area contributed by atoms with Gasteiger partial charge in [0.1, 0.15) is 6.10 Å². The van der Waals surface area contributed by atoms with Gasteiger partial charge in [0, 0.05) is 37.4 Å². The normalized spacial score (nSPS) is 16.3. The molecule has 7 nitrogen and oxygen atoms in total. The summed E-state index contributed by atoms with van der Waals surface area (Å²) in [6.07, 6.45) is 2.56. The molecular formula is C18H25N3O4. The van der Waals surface area contributed by atoms with Gasteiger partial charge in [-0.25, -0.2) is 0 Å². The van der Waals surface area contributed by atoms with Gasteiger partial charge >= 0.3 is 0 Å². The number of nitrogens with one attached hydrogen (secondary N) is 3. The van der Waals surface area contributed by atoms with Crippen molar-refractivity contribution in [3.05, 3.63) is 29.8 Å². The van der Waals surface area contributed by atoms with E-state index >= 15 is 0 Å². The van der Waals surface area contributed by atoms with E-state index in [0.717, 1.165) is 19.3 Å². The summed E-state index contributed by atoms with van der Waals surface area (Å²) in [6, 6.07) is 6.70. The van der Waals surface area contributed by atoms with Gasteiger partial charge in [-0.15, -0.1) is 0 Å². The molecule has 25 heavy (non-hydrogen) atoms. The molecule has 1 atom stereocenters. The van der Waals surface area contributed by atoms with Crippen LogP contribution in [-0.2, 0) is 14.3 Å². The molecule has 0 saturated carbocycles. The minimum atomic E-state index is -0.355. The van der Waals surface area contributed by atoms with Gasteiger partial charge in [0.05, 0.1) is 0 Å². The minimum absolute atomic E-state index is 0.0401. The second-order valence-electron chi connectivity index (χ2n) is 5.92. The fourth-order valence-electron chi connectivity index (χ4n) is 2.52. The van der Waals surface area contributed by atoms with E-state index < -0.39 is 0 Å². The second-order valence-corrected chi connectivity index (χ2v) is 5.92. The van der Waals surface area contributed by atoms with Crippen molar-refractivity contribution < 1.29 is 19.1 Å². The summed E-state index contributed by atoms with van der Waals surface area (Å²) in [7, 11) is 0. The van der Waals surface area contributed by atoms with Gasteiger partial charge in [-0.3, -0.25) is 14.4 Å². The van der Waals surface area contributed by atoms with E-state index in [1.807, 2.05) is 6.92 Å². The van der Waals surface area contributed by atoms with Gasteiger partial charge < -0.3 is 20.7 Å². The number of carbonyl (C=O) groups is 3. The topological polar surface area (TPSA) is 96.5 Å². The van der Waals surface area contributed by atoms with Gasteiger partial charge in [0.15, 0.2) is 0 Å². The third kappa shape index (κ3) is 6.19. The van der Waals surface area contributed by atoms with Crippen LogP contribution in [0.25, 0.3) is 0 Å². The molecule has 1 aliphatic heterocycles. The van der Waals surface area contributed by atoms with Crippen molar-refractivity contribution in [2.45, 2.75) is 38.7 Å². The first-order chi connectivity index (χ1) is 12.1.